The van der Waals surface area contributed by atoms with E-state index in [1.165, 1.54) is 11.8 Å². The summed E-state index contributed by atoms with van der Waals surface area (Å²) in [5, 5.41) is 9.56. The molecule has 23 heavy (non-hydrogen) atoms. The van der Waals surface area contributed by atoms with E-state index in [9.17, 15) is 13.5 Å². The van der Waals surface area contributed by atoms with Crippen molar-refractivity contribution in [2.45, 2.75) is 31.8 Å². The molecule has 5 heteroatoms. The zero-order valence-corrected chi connectivity index (χ0v) is 14.0. The number of rotatable bonds is 4. The Labute approximate surface area is 137 Å². The summed E-state index contributed by atoms with van der Waals surface area (Å²) in [7, 11) is -3.25. The molecule has 2 aromatic carbocycles. The van der Waals surface area contributed by atoms with Crippen LogP contribution in [0.2, 0.25) is 0 Å². The number of phenolic OH excluding ortho intramolecular Hbond substituents is 1. The average Bonchev–Trinajstić information content (AvgIpc) is 2.51. The van der Waals surface area contributed by atoms with Crippen molar-refractivity contribution in [2.24, 2.45) is 0 Å². The summed E-state index contributed by atoms with van der Waals surface area (Å²) < 4.78 is 25.9. The lowest BCUT2D eigenvalue weighted by Crippen LogP contribution is -2.43. The highest BCUT2D eigenvalue weighted by Gasteiger charge is 2.31. The standard InChI is InChI=1S/C18H21NO3S/c1-23(21,22)19-13-16-7-3-2-6-15(16)12-17(19)10-9-14-5-4-8-18(20)11-14/h2-8,11,17,20H,9-10,12-13H2,1H3/t17-/m1/s1. The summed E-state index contributed by atoms with van der Waals surface area (Å²) in [6.45, 7) is 0.444. The van der Waals surface area contributed by atoms with Crippen molar-refractivity contribution in [2.75, 3.05) is 6.26 Å². The Morgan fingerprint density at radius 1 is 1.13 bits per heavy atom. The Morgan fingerprint density at radius 3 is 2.57 bits per heavy atom. The number of sulfonamides is 1. The molecule has 3 rings (SSSR count). The third-order valence-corrected chi connectivity index (χ3v) is 5.69. The minimum atomic E-state index is -3.25. The van der Waals surface area contributed by atoms with Gasteiger partial charge in [0.1, 0.15) is 5.75 Å². The molecule has 0 amide bonds. The molecule has 0 aliphatic carbocycles. The van der Waals surface area contributed by atoms with Gasteiger partial charge in [0.25, 0.3) is 0 Å². The first-order valence-electron chi connectivity index (χ1n) is 7.75. The van der Waals surface area contributed by atoms with Crippen molar-refractivity contribution in [1.29, 1.82) is 0 Å². The van der Waals surface area contributed by atoms with E-state index in [1.54, 1.807) is 16.4 Å². The van der Waals surface area contributed by atoms with E-state index in [4.69, 9.17) is 0 Å². The minimum Gasteiger partial charge on any atom is -0.508 e. The number of benzene rings is 2. The molecule has 1 atom stereocenters. The molecule has 1 heterocycles. The predicted octanol–water partition coefficient (Wildman–Crippen LogP) is 2.71. The Hall–Kier alpha value is -1.85. The van der Waals surface area contributed by atoms with Gasteiger partial charge in [0, 0.05) is 12.6 Å². The van der Waals surface area contributed by atoms with Crippen LogP contribution in [0.5, 0.6) is 5.75 Å². The topological polar surface area (TPSA) is 57.6 Å². The first kappa shape index (κ1) is 16.0. The molecular formula is C18H21NO3S. The van der Waals surface area contributed by atoms with Crippen LogP contribution in [0, 0.1) is 0 Å². The van der Waals surface area contributed by atoms with Crippen LogP contribution in [0.25, 0.3) is 0 Å². The molecule has 1 N–H and O–H groups in total. The fourth-order valence-electron chi connectivity index (χ4n) is 3.24. The van der Waals surface area contributed by atoms with Gasteiger partial charge in [0.05, 0.1) is 6.26 Å². The van der Waals surface area contributed by atoms with Gasteiger partial charge in [-0.25, -0.2) is 8.42 Å². The van der Waals surface area contributed by atoms with Crippen molar-refractivity contribution in [3.8, 4) is 5.75 Å². The Kier molecular flexibility index (Phi) is 4.41. The van der Waals surface area contributed by atoms with E-state index in [0.717, 1.165) is 30.4 Å². The number of hydrogen-bond acceptors (Lipinski definition) is 3. The van der Waals surface area contributed by atoms with Gasteiger partial charge >= 0.3 is 0 Å². The second-order valence-corrected chi connectivity index (χ2v) is 8.08. The van der Waals surface area contributed by atoms with E-state index in [0.29, 0.717) is 6.54 Å². The monoisotopic (exact) mass is 331 g/mol. The molecule has 1 aliphatic rings. The normalized spacial score (nSPS) is 18.6. The second-order valence-electron chi connectivity index (χ2n) is 6.14. The quantitative estimate of drug-likeness (QED) is 0.937. The van der Waals surface area contributed by atoms with Gasteiger partial charge in [0.15, 0.2) is 0 Å². The minimum absolute atomic E-state index is 0.0396. The lowest BCUT2D eigenvalue weighted by molar-refractivity contribution is 0.280. The number of phenols is 1. The number of nitrogens with zero attached hydrogens (tertiary/aromatic N) is 1. The molecule has 122 valence electrons. The van der Waals surface area contributed by atoms with E-state index in [2.05, 4.69) is 6.07 Å². The van der Waals surface area contributed by atoms with Gasteiger partial charge in [-0.3, -0.25) is 0 Å². The van der Waals surface area contributed by atoms with E-state index >= 15 is 0 Å². The van der Waals surface area contributed by atoms with Gasteiger partial charge in [0.2, 0.25) is 10.0 Å². The molecule has 0 spiro atoms. The number of aromatic hydroxyl groups is 1. The summed E-state index contributed by atoms with van der Waals surface area (Å²) in [5.41, 5.74) is 3.34. The third-order valence-electron chi connectivity index (χ3n) is 4.41. The van der Waals surface area contributed by atoms with Gasteiger partial charge in [-0.2, -0.15) is 4.31 Å². The van der Waals surface area contributed by atoms with Gasteiger partial charge in [-0.05, 0) is 48.1 Å². The Bertz CT molecular complexity index is 801. The van der Waals surface area contributed by atoms with Crippen LogP contribution >= 0.6 is 0 Å². The summed E-state index contributed by atoms with van der Waals surface area (Å²) in [5.74, 6) is 0.247. The zero-order valence-electron chi connectivity index (χ0n) is 13.1. The van der Waals surface area contributed by atoms with Crippen molar-refractivity contribution < 1.29 is 13.5 Å². The van der Waals surface area contributed by atoms with Crippen molar-refractivity contribution in [1.82, 2.24) is 4.31 Å². The maximum atomic E-state index is 12.2. The smallest absolute Gasteiger partial charge is 0.211 e. The predicted molar refractivity (Wildman–Crippen MR) is 90.7 cm³/mol. The lowest BCUT2D eigenvalue weighted by atomic mass is 9.92. The van der Waals surface area contributed by atoms with Crippen LogP contribution in [-0.4, -0.2) is 30.1 Å². The second kappa shape index (κ2) is 6.34. The molecule has 0 saturated carbocycles. The van der Waals surface area contributed by atoms with Crippen molar-refractivity contribution >= 4 is 10.0 Å². The molecular weight excluding hydrogens is 310 g/mol. The van der Waals surface area contributed by atoms with Crippen LogP contribution in [0.15, 0.2) is 48.5 Å². The first-order chi connectivity index (χ1) is 10.9. The third kappa shape index (κ3) is 3.74. The highest BCUT2D eigenvalue weighted by molar-refractivity contribution is 7.88. The zero-order chi connectivity index (χ0) is 16.4. The lowest BCUT2D eigenvalue weighted by Gasteiger charge is -2.35. The van der Waals surface area contributed by atoms with Gasteiger partial charge in [-0.15, -0.1) is 0 Å². The van der Waals surface area contributed by atoms with E-state index in [1.807, 2.05) is 30.3 Å². The first-order valence-corrected chi connectivity index (χ1v) is 9.60. The molecule has 4 nitrogen and oxygen atoms in total. The van der Waals surface area contributed by atoms with E-state index < -0.39 is 10.0 Å². The molecule has 0 radical (unpaired) electrons. The van der Waals surface area contributed by atoms with Crippen LogP contribution in [0.4, 0.5) is 0 Å². The maximum Gasteiger partial charge on any atom is 0.211 e. The largest absolute Gasteiger partial charge is 0.508 e. The molecule has 0 aromatic heterocycles. The fraction of sp³-hybridized carbons (Fsp3) is 0.333. The van der Waals surface area contributed by atoms with Crippen molar-refractivity contribution in [3.63, 3.8) is 0 Å². The molecule has 0 fully saturated rings. The van der Waals surface area contributed by atoms with Crippen LogP contribution in [0.1, 0.15) is 23.1 Å². The summed E-state index contributed by atoms with van der Waals surface area (Å²) in [4.78, 5) is 0. The van der Waals surface area contributed by atoms with Crippen LogP contribution < -0.4 is 0 Å². The van der Waals surface area contributed by atoms with Crippen LogP contribution in [0.3, 0.4) is 0 Å². The number of hydrogen-bond donors (Lipinski definition) is 1. The van der Waals surface area contributed by atoms with Gasteiger partial charge in [-0.1, -0.05) is 36.4 Å². The summed E-state index contributed by atoms with van der Waals surface area (Å²) in [6.07, 6.45) is 3.50. The maximum absolute atomic E-state index is 12.2. The Morgan fingerprint density at radius 2 is 1.87 bits per heavy atom. The summed E-state index contributed by atoms with van der Waals surface area (Å²) >= 11 is 0. The molecule has 0 saturated heterocycles. The number of aryl methyl sites for hydroxylation is 1. The molecule has 0 unspecified atom stereocenters. The number of fused-ring (bicyclic) bond motifs is 1. The van der Waals surface area contributed by atoms with Crippen molar-refractivity contribution in [3.05, 3.63) is 65.2 Å². The average molecular weight is 331 g/mol. The van der Waals surface area contributed by atoms with Gasteiger partial charge < -0.3 is 5.11 Å². The highest BCUT2D eigenvalue weighted by Crippen LogP contribution is 2.28. The Balaban J connectivity index is 1.81. The fourth-order valence-corrected chi connectivity index (χ4v) is 4.34. The highest BCUT2D eigenvalue weighted by atomic mass is 32.2. The molecule has 1 aliphatic heterocycles. The summed E-state index contributed by atoms with van der Waals surface area (Å²) in [6, 6.07) is 15.1. The SMILES string of the molecule is CS(=O)(=O)N1Cc2ccccc2C[C@H]1CCc1cccc(O)c1. The molecule has 0 bridgehead atoms. The van der Waals surface area contributed by atoms with Crippen LogP contribution in [-0.2, 0) is 29.4 Å². The van der Waals surface area contributed by atoms with E-state index in [-0.39, 0.29) is 11.8 Å². The molecule has 2 aromatic rings.